The third-order valence-corrected chi connectivity index (χ3v) is 6.13. The normalized spacial score (nSPS) is 15.5. The van der Waals surface area contributed by atoms with Crippen LogP contribution < -0.4 is 5.32 Å². The molecule has 0 fully saturated rings. The number of aryl methyl sites for hydroxylation is 1. The molecule has 29 heavy (non-hydrogen) atoms. The Balaban J connectivity index is 1.29. The molecule has 1 N–H and O–H groups in total. The maximum absolute atomic E-state index is 12.8. The second kappa shape index (κ2) is 7.28. The van der Waals surface area contributed by atoms with Gasteiger partial charge in [-0.2, -0.15) is 0 Å². The van der Waals surface area contributed by atoms with Crippen LogP contribution in [0.4, 0.5) is 0 Å². The van der Waals surface area contributed by atoms with Gasteiger partial charge in [-0.05, 0) is 65.9 Å². The molecule has 0 atom stereocenters. The molecule has 2 aliphatic rings. The standard InChI is InChI=1S/C25H25N3O/c1-27-13-12-23-21(4-2-7-24(23)27)17-26-25(29)20-9-8-18-10-14-28(22-5-3-6-22)15-11-19(18)16-20/h2-9,12-13,16H,10-11,14-15,17H2,1H3,(H,26,29). The van der Waals surface area contributed by atoms with Crippen molar-refractivity contribution < 1.29 is 4.79 Å². The molecule has 4 nitrogen and oxygen atoms in total. The lowest BCUT2D eigenvalue weighted by Crippen LogP contribution is -2.26. The zero-order valence-electron chi connectivity index (χ0n) is 16.7. The molecule has 0 saturated carbocycles. The highest BCUT2D eigenvalue weighted by atomic mass is 16.1. The SMILES string of the molecule is Cn1ccc2c(CNC(=O)c3ccc4c(c3)CCN(C3=CC=C3)CC4)cccc21. The van der Waals surface area contributed by atoms with Crippen molar-refractivity contribution in [2.75, 3.05) is 13.1 Å². The van der Waals surface area contributed by atoms with Crippen LogP contribution in [0.15, 0.2) is 72.6 Å². The van der Waals surface area contributed by atoms with Gasteiger partial charge in [0.2, 0.25) is 0 Å². The van der Waals surface area contributed by atoms with E-state index in [1.807, 2.05) is 19.2 Å². The zero-order chi connectivity index (χ0) is 19.8. The topological polar surface area (TPSA) is 37.3 Å². The predicted molar refractivity (Wildman–Crippen MR) is 117 cm³/mol. The summed E-state index contributed by atoms with van der Waals surface area (Å²) < 4.78 is 2.10. The fraction of sp³-hybridized carbons (Fsp3) is 0.240. The molecule has 1 aliphatic heterocycles. The van der Waals surface area contributed by atoms with E-state index in [2.05, 4.69) is 69.5 Å². The van der Waals surface area contributed by atoms with E-state index in [-0.39, 0.29) is 5.91 Å². The first-order chi connectivity index (χ1) is 14.2. The van der Waals surface area contributed by atoms with E-state index in [0.29, 0.717) is 6.54 Å². The summed E-state index contributed by atoms with van der Waals surface area (Å²) in [6, 6.07) is 14.5. The number of carbonyl (C=O) groups is 1. The number of carbonyl (C=O) groups excluding carboxylic acids is 1. The van der Waals surface area contributed by atoms with Crippen molar-refractivity contribution in [3.05, 3.63) is 94.8 Å². The van der Waals surface area contributed by atoms with Gasteiger partial charge in [-0.3, -0.25) is 4.79 Å². The number of nitrogens with one attached hydrogen (secondary N) is 1. The molecule has 4 heteroatoms. The van der Waals surface area contributed by atoms with E-state index in [1.54, 1.807) is 0 Å². The Morgan fingerprint density at radius 3 is 2.69 bits per heavy atom. The van der Waals surface area contributed by atoms with Crippen LogP contribution in [0.25, 0.3) is 10.9 Å². The van der Waals surface area contributed by atoms with Crippen LogP contribution in [0.2, 0.25) is 0 Å². The smallest absolute Gasteiger partial charge is 0.251 e. The fourth-order valence-electron chi connectivity index (χ4n) is 4.32. The number of benzene rings is 2. The van der Waals surface area contributed by atoms with Gasteiger partial charge in [-0.25, -0.2) is 0 Å². The molecule has 0 saturated heterocycles. The van der Waals surface area contributed by atoms with Crippen LogP contribution in [0.5, 0.6) is 0 Å². The van der Waals surface area contributed by atoms with Gasteiger partial charge >= 0.3 is 0 Å². The van der Waals surface area contributed by atoms with Crippen molar-refractivity contribution >= 4 is 16.8 Å². The Bertz CT molecular complexity index is 1150. The second-order valence-corrected chi connectivity index (χ2v) is 7.88. The summed E-state index contributed by atoms with van der Waals surface area (Å²) in [7, 11) is 2.04. The zero-order valence-corrected chi connectivity index (χ0v) is 16.7. The van der Waals surface area contributed by atoms with Crippen LogP contribution in [0.3, 0.4) is 0 Å². The van der Waals surface area contributed by atoms with Crippen molar-refractivity contribution in [1.82, 2.24) is 14.8 Å². The van der Waals surface area contributed by atoms with E-state index < -0.39 is 0 Å². The highest BCUT2D eigenvalue weighted by molar-refractivity contribution is 5.95. The number of fused-ring (bicyclic) bond motifs is 2. The molecule has 2 heterocycles. The molecule has 1 aromatic heterocycles. The van der Waals surface area contributed by atoms with E-state index in [0.717, 1.165) is 37.1 Å². The highest BCUT2D eigenvalue weighted by Gasteiger charge is 2.18. The Morgan fingerprint density at radius 1 is 1.07 bits per heavy atom. The molecule has 3 aromatic rings. The lowest BCUT2D eigenvalue weighted by atomic mass is 9.99. The maximum atomic E-state index is 12.8. The van der Waals surface area contributed by atoms with Gasteiger partial charge in [-0.1, -0.05) is 24.3 Å². The highest BCUT2D eigenvalue weighted by Crippen LogP contribution is 2.23. The van der Waals surface area contributed by atoms with Gasteiger partial charge in [0.15, 0.2) is 0 Å². The van der Waals surface area contributed by atoms with Crippen LogP contribution >= 0.6 is 0 Å². The lowest BCUT2D eigenvalue weighted by Gasteiger charge is -2.26. The third kappa shape index (κ3) is 3.35. The Hall–Kier alpha value is -3.27. The first kappa shape index (κ1) is 17.8. The molecular weight excluding hydrogens is 358 g/mol. The molecule has 0 bridgehead atoms. The second-order valence-electron chi connectivity index (χ2n) is 7.88. The minimum Gasteiger partial charge on any atom is -0.371 e. The van der Waals surface area contributed by atoms with Crippen LogP contribution in [0, 0.1) is 0 Å². The van der Waals surface area contributed by atoms with Crippen LogP contribution in [-0.4, -0.2) is 28.5 Å². The molecule has 0 unspecified atom stereocenters. The van der Waals surface area contributed by atoms with E-state index in [1.165, 1.54) is 27.7 Å². The summed E-state index contributed by atoms with van der Waals surface area (Å²) in [4.78, 5) is 15.2. The Morgan fingerprint density at radius 2 is 1.90 bits per heavy atom. The first-order valence-electron chi connectivity index (χ1n) is 10.3. The molecule has 0 radical (unpaired) electrons. The predicted octanol–water partition coefficient (Wildman–Crippen LogP) is 3.96. The summed E-state index contributed by atoms with van der Waals surface area (Å²) >= 11 is 0. The third-order valence-electron chi connectivity index (χ3n) is 6.13. The van der Waals surface area contributed by atoms with E-state index in [9.17, 15) is 4.79 Å². The Kier molecular flexibility index (Phi) is 4.47. The van der Waals surface area contributed by atoms with Crippen molar-refractivity contribution in [2.45, 2.75) is 19.4 Å². The number of rotatable bonds is 4. The summed E-state index contributed by atoms with van der Waals surface area (Å²) in [5.74, 6) is -0.00790. The van der Waals surface area contributed by atoms with E-state index >= 15 is 0 Å². The minimum absolute atomic E-state index is 0.00790. The number of nitrogens with zero attached hydrogens (tertiary/aromatic N) is 2. The average Bonchev–Trinajstić information content (AvgIpc) is 2.96. The Labute approximate surface area is 171 Å². The molecule has 5 rings (SSSR count). The van der Waals surface area contributed by atoms with Crippen molar-refractivity contribution in [3.8, 4) is 0 Å². The van der Waals surface area contributed by atoms with Crippen LogP contribution in [0.1, 0.15) is 27.0 Å². The van der Waals surface area contributed by atoms with Gasteiger partial charge in [0.25, 0.3) is 5.91 Å². The van der Waals surface area contributed by atoms with Gasteiger partial charge in [0.05, 0.1) is 0 Å². The fourth-order valence-corrected chi connectivity index (χ4v) is 4.32. The molecule has 2 aromatic carbocycles. The number of aromatic nitrogens is 1. The number of amides is 1. The summed E-state index contributed by atoms with van der Waals surface area (Å²) in [6.07, 6.45) is 10.5. The molecule has 1 aliphatic carbocycles. The summed E-state index contributed by atoms with van der Waals surface area (Å²) in [5, 5.41) is 4.30. The quantitative estimate of drug-likeness (QED) is 0.740. The summed E-state index contributed by atoms with van der Waals surface area (Å²) in [5.41, 5.74) is 7.06. The van der Waals surface area contributed by atoms with Crippen molar-refractivity contribution in [3.63, 3.8) is 0 Å². The van der Waals surface area contributed by atoms with Crippen molar-refractivity contribution in [2.24, 2.45) is 7.05 Å². The number of allylic oxidation sites excluding steroid dienone is 3. The largest absolute Gasteiger partial charge is 0.371 e. The average molecular weight is 383 g/mol. The number of hydrogen-bond donors (Lipinski definition) is 1. The molecule has 0 spiro atoms. The maximum Gasteiger partial charge on any atom is 0.251 e. The first-order valence-corrected chi connectivity index (χ1v) is 10.3. The van der Waals surface area contributed by atoms with Gasteiger partial charge in [0, 0.05) is 55.0 Å². The molecule has 1 amide bonds. The number of hydrogen-bond acceptors (Lipinski definition) is 2. The molecule has 146 valence electrons. The van der Waals surface area contributed by atoms with Gasteiger partial charge < -0.3 is 14.8 Å². The van der Waals surface area contributed by atoms with Crippen molar-refractivity contribution in [1.29, 1.82) is 0 Å². The molecular formula is C25H25N3O. The lowest BCUT2D eigenvalue weighted by molar-refractivity contribution is 0.0951. The van der Waals surface area contributed by atoms with Crippen LogP contribution in [-0.2, 0) is 26.4 Å². The minimum atomic E-state index is -0.00790. The monoisotopic (exact) mass is 383 g/mol. The summed E-state index contributed by atoms with van der Waals surface area (Å²) in [6.45, 7) is 2.57. The van der Waals surface area contributed by atoms with E-state index in [4.69, 9.17) is 0 Å². The van der Waals surface area contributed by atoms with Gasteiger partial charge in [-0.15, -0.1) is 0 Å². The van der Waals surface area contributed by atoms with Gasteiger partial charge in [0.1, 0.15) is 0 Å².